The van der Waals surface area contributed by atoms with Gasteiger partial charge < -0.3 is 15.2 Å². The average molecular weight is 367 g/mol. The van der Waals surface area contributed by atoms with Crippen LogP contribution in [0, 0.1) is 13.8 Å². The van der Waals surface area contributed by atoms with E-state index in [2.05, 4.69) is 10.1 Å². The minimum absolute atomic E-state index is 0. The monoisotopic (exact) mass is 366 g/mol. The van der Waals surface area contributed by atoms with E-state index in [1.165, 1.54) is 5.56 Å². The van der Waals surface area contributed by atoms with Crippen LogP contribution in [0.3, 0.4) is 0 Å². The lowest BCUT2D eigenvalue weighted by atomic mass is 10.1. The molecule has 1 fully saturated rings. The zero-order valence-corrected chi connectivity index (χ0v) is 15.7. The molecule has 2 heterocycles. The highest BCUT2D eigenvalue weighted by Crippen LogP contribution is 2.16. The quantitative estimate of drug-likeness (QED) is 0.860. The molecule has 1 aliphatic heterocycles. The summed E-state index contributed by atoms with van der Waals surface area (Å²) in [7, 11) is 0. The second-order valence-corrected chi connectivity index (χ2v) is 5.98. The molecule has 1 aromatic rings. The van der Waals surface area contributed by atoms with Crippen LogP contribution in [-0.2, 0) is 11.3 Å². The molecule has 1 saturated heterocycles. The molecule has 2 N–H and O–H groups in total. The first-order valence-corrected chi connectivity index (χ1v) is 7.65. The van der Waals surface area contributed by atoms with Crippen LogP contribution in [0.25, 0.3) is 0 Å². The molecule has 0 aliphatic carbocycles. The number of rotatable bonds is 5. The number of carbonyl (C=O) groups is 1. The molecule has 1 amide bonds. The van der Waals surface area contributed by atoms with Crippen LogP contribution < -0.4 is 5.73 Å². The number of aryl methyl sites for hydroxylation is 2. The first-order chi connectivity index (χ1) is 9.97. The minimum atomic E-state index is 0. The fourth-order valence-corrected chi connectivity index (χ4v) is 2.62. The van der Waals surface area contributed by atoms with E-state index in [0.29, 0.717) is 6.42 Å². The number of piperazine rings is 1. The molecule has 0 aromatic carbocycles. The molecule has 0 bridgehead atoms. The van der Waals surface area contributed by atoms with E-state index in [1.807, 2.05) is 25.7 Å². The third-order valence-corrected chi connectivity index (χ3v) is 4.10. The SMILES string of the molecule is Cc1noc(C)c1CN1CCN(C(=O)CCC(C)N)CC1.Cl.Cl. The summed E-state index contributed by atoms with van der Waals surface area (Å²) < 4.78 is 5.20. The number of nitrogens with two attached hydrogens (primary N) is 1. The fourth-order valence-electron chi connectivity index (χ4n) is 2.62. The van der Waals surface area contributed by atoms with E-state index in [4.69, 9.17) is 10.3 Å². The normalized spacial score (nSPS) is 16.4. The van der Waals surface area contributed by atoms with Crippen molar-refractivity contribution in [2.24, 2.45) is 5.73 Å². The Morgan fingerprint density at radius 2 is 1.87 bits per heavy atom. The molecular weight excluding hydrogens is 339 g/mol. The Morgan fingerprint density at radius 1 is 1.26 bits per heavy atom. The predicted molar refractivity (Wildman–Crippen MR) is 95.2 cm³/mol. The largest absolute Gasteiger partial charge is 0.361 e. The molecule has 1 unspecified atom stereocenters. The minimum Gasteiger partial charge on any atom is -0.361 e. The van der Waals surface area contributed by atoms with Gasteiger partial charge in [-0.1, -0.05) is 5.16 Å². The van der Waals surface area contributed by atoms with Gasteiger partial charge >= 0.3 is 0 Å². The standard InChI is InChI=1S/C15H26N4O2.2ClH/c1-11(16)4-5-15(20)19-8-6-18(7-9-19)10-14-12(2)17-21-13(14)3;;/h11H,4-10,16H2,1-3H3;2*1H. The molecule has 6 nitrogen and oxygen atoms in total. The van der Waals surface area contributed by atoms with E-state index in [0.717, 1.165) is 50.6 Å². The van der Waals surface area contributed by atoms with Gasteiger partial charge in [0, 0.05) is 50.7 Å². The van der Waals surface area contributed by atoms with Gasteiger partial charge in [-0.25, -0.2) is 0 Å². The number of aromatic nitrogens is 1. The zero-order valence-electron chi connectivity index (χ0n) is 14.1. The molecule has 0 radical (unpaired) electrons. The molecule has 134 valence electrons. The molecule has 2 rings (SSSR count). The van der Waals surface area contributed by atoms with Crippen LogP contribution in [0.4, 0.5) is 0 Å². The molecule has 8 heteroatoms. The molecule has 0 spiro atoms. The lowest BCUT2D eigenvalue weighted by Crippen LogP contribution is -2.48. The van der Waals surface area contributed by atoms with Crippen LogP contribution in [-0.4, -0.2) is 53.1 Å². The molecule has 1 aliphatic rings. The summed E-state index contributed by atoms with van der Waals surface area (Å²) in [5.74, 6) is 1.12. The van der Waals surface area contributed by atoms with Gasteiger partial charge in [-0.15, -0.1) is 24.8 Å². The number of carbonyl (C=O) groups excluding carboxylic acids is 1. The zero-order chi connectivity index (χ0) is 15.4. The Hall–Kier alpha value is -0.820. The lowest BCUT2D eigenvalue weighted by Gasteiger charge is -2.34. The van der Waals surface area contributed by atoms with Gasteiger partial charge in [0.05, 0.1) is 5.69 Å². The summed E-state index contributed by atoms with van der Waals surface area (Å²) in [5.41, 5.74) is 7.84. The van der Waals surface area contributed by atoms with E-state index < -0.39 is 0 Å². The van der Waals surface area contributed by atoms with Crippen molar-refractivity contribution < 1.29 is 9.32 Å². The third kappa shape index (κ3) is 6.30. The molecule has 23 heavy (non-hydrogen) atoms. The van der Waals surface area contributed by atoms with Crippen molar-refractivity contribution in [3.8, 4) is 0 Å². The van der Waals surface area contributed by atoms with E-state index in [-0.39, 0.29) is 36.8 Å². The summed E-state index contributed by atoms with van der Waals surface area (Å²) in [5, 5.41) is 3.99. The maximum Gasteiger partial charge on any atom is 0.222 e. The van der Waals surface area contributed by atoms with Gasteiger partial charge in [-0.05, 0) is 27.2 Å². The molecule has 1 aromatic heterocycles. The maximum atomic E-state index is 12.1. The lowest BCUT2D eigenvalue weighted by molar-refractivity contribution is -0.133. The van der Waals surface area contributed by atoms with Crippen molar-refractivity contribution in [3.05, 3.63) is 17.0 Å². The number of nitrogens with zero attached hydrogens (tertiary/aromatic N) is 3. The Bertz CT molecular complexity index is 466. The molecular formula is C15H28Cl2N4O2. The maximum absolute atomic E-state index is 12.1. The van der Waals surface area contributed by atoms with Crippen molar-refractivity contribution in [1.29, 1.82) is 0 Å². The van der Waals surface area contributed by atoms with E-state index >= 15 is 0 Å². The van der Waals surface area contributed by atoms with E-state index in [1.54, 1.807) is 0 Å². The van der Waals surface area contributed by atoms with Gasteiger partial charge in [0.15, 0.2) is 0 Å². The summed E-state index contributed by atoms with van der Waals surface area (Å²) in [6.07, 6.45) is 1.32. The number of amides is 1. The smallest absolute Gasteiger partial charge is 0.222 e. The fraction of sp³-hybridized carbons (Fsp3) is 0.733. The highest BCUT2D eigenvalue weighted by Gasteiger charge is 2.22. The summed E-state index contributed by atoms with van der Waals surface area (Å²) in [6.45, 7) is 10.1. The van der Waals surface area contributed by atoms with Crippen LogP contribution in [0.1, 0.15) is 36.8 Å². The van der Waals surface area contributed by atoms with Gasteiger partial charge in [0.2, 0.25) is 5.91 Å². The Morgan fingerprint density at radius 3 is 2.35 bits per heavy atom. The van der Waals surface area contributed by atoms with Crippen molar-refractivity contribution in [1.82, 2.24) is 15.0 Å². The third-order valence-electron chi connectivity index (χ3n) is 4.10. The number of hydrogen-bond acceptors (Lipinski definition) is 5. The van der Waals surface area contributed by atoms with Crippen LogP contribution in [0.15, 0.2) is 4.52 Å². The number of hydrogen-bond donors (Lipinski definition) is 1. The van der Waals surface area contributed by atoms with Gasteiger partial charge in [0.25, 0.3) is 0 Å². The second kappa shape index (κ2) is 10.1. The van der Waals surface area contributed by atoms with Crippen molar-refractivity contribution in [2.45, 2.75) is 46.2 Å². The van der Waals surface area contributed by atoms with Crippen LogP contribution in [0.2, 0.25) is 0 Å². The van der Waals surface area contributed by atoms with Gasteiger partial charge in [0.1, 0.15) is 5.76 Å². The molecule has 1 atom stereocenters. The Labute approximate surface area is 150 Å². The van der Waals surface area contributed by atoms with Crippen LogP contribution in [0.5, 0.6) is 0 Å². The summed E-state index contributed by atoms with van der Waals surface area (Å²) in [6, 6.07) is 0.0924. The van der Waals surface area contributed by atoms with E-state index in [9.17, 15) is 4.79 Å². The Balaban J connectivity index is 0.00000242. The topological polar surface area (TPSA) is 75.6 Å². The Kier molecular flexibility index (Phi) is 9.77. The van der Waals surface area contributed by atoms with Gasteiger partial charge in [-0.3, -0.25) is 9.69 Å². The summed E-state index contributed by atoms with van der Waals surface area (Å²) >= 11 is 0. The summed E-state index contributed by atoms with van der Waals surface area (Å²) in [4.78, 5) is 16.4. The first kappa shape index (κ1) is 22.2. The van der Waals surface area contributed by atoms with Gasteiger partial charge in [-0.2, -0.15) is 0 Å². The average Bonchev–Trinajstić information content (AvgIpc) is 2.77. The highest BCUT2D eigenvalue weighted by atomic mass is 35.5. The van der Waals surface area contributed by atoms with Crippen molar-refractivity contribution in [3.63, 3.8) is 0 Å². The first-order valence-electron chi connectivity index (χ1n) is 7.65. The number of halogens is 2. The van der Waals surface area contributed by atoms with Crippen molar-refractivity contribution >= 4 is 30.7 Å². The predicted octanol–water partition coefficient (Wildman–Crippen LogP) is 1.91. The van der Waals surface area contributed by atoms with Crippen molar-refractivity contribution in [2.75, 3.05) is 26.2 Å². The second-order valence-electron chi connectivity index (χ2n) is 5.98. The highest BCUT2D eigenvalue weighted by molar-refractivity contribution is 5.85. The van der Waals surface area contributed by atoms with Crippen LogP contribution >= 0.6 is 24.8 Å². The molecule has 0 saturated carbocycles.